The number of hydrogen-bond donors (Lipinski definition) is 0. The standard InChI is InChI=1S/C21H22Si/c1-16-7-4-10-19(13-16)22(20-11-5-8-17(2)14-20)21-12-6-9-18(3)15-21/h4-15,22H,1-3H3. The van der Waals surface area contributed by atoms with Crippen molar-refractivity contribution in [3.63, 3.8) is 0 Å². The Morgan fingerprint density at radius 1 is 0.500 bits per heavy atom. The summed E-state index contributed by atoms with van der Waals surface area (Å²) in [4.78, 5) is 0. The lowest BCUT2D eigenvalue weighted by Crippen LogP contribution is -2.52. The second-order valence-electron chi connectivity index (χ2n) is 6.18. The van der Waals surface area contributed by atoms with E-state index < -0.39 is 8.80 Å². The van der Waals surface area contributed by atoms with Gasteiger partial charge in [0.2, 0.25) is 0 Å². The van der Waals surface area contributed by atoms with E-state index in [9.17, 15) is 0 Å². The molecule has 0 N–H and O–H groups in total. The lowest BCUT2D eigenvalue weighted by Gasteiger charge is -2.18. The van der Waals surface area contributed by atoms with Crippen molar-refractivity contribution < 1.29 is 0 Å². The van der Waals surface area contributed by atoms with E-state index in [0.29, 0.717) is 0 Å². The smallest absolute Gasteiger partial charge is 0.0625 e. The summed E-state index contributed by atoms with van der Waals surface area (Å²) < 4.78 is 0. The molecule has 0 fully saturated rings. The summed E-state index contributed by atoms with van der Waals surface area (Å²) in [6.07, 6.45) is 0. The molecule has 1 heteroatoms. The highest BCUT2D eigenvalue weighted by Gasteiger charge is 2.19. The van der Waals surface area contributed by atoms with Gasteiger partial charge in [0.05, 0.1) is 0 Å². The van der Waals surface area contributed by atoms with E-state index in [2.05, 4.69) is 93.6 Å². The van der Waals surface area contributed by atoms with Crippen molar-refractivity contribution >= 4 is 24.4 Å². The highest BCUT2D eigenvalue weighted by atomic mass is 28.3. The first-order chi connectivity index (χ1) is 10.6. The molecule has 0 amide bonds. The highest BCUT2D eigenvalue weighted by Crippen LogP contribution is 2.02. The molecule has 0 aliphatic rings. The fourth-order valence-corrected chi connectivity index (χ4v) is 6.48. The average molecular weight is 302 g/mol. The van der Waals surface area contributed by atoms with Crippen LogP contribution in [0.15, 0.2) is 72.8 Å². The summed E-state index contributed by atoms with van der Waals surface area (Å²) in [7, 11) is -1.39. The summed E-state index contributed by atoms with van der Waals surface area (Å²) in [5.41, 5.74) is 4.03. The summed E-state index contributed by atoms with van der Waals surface area (Å²) in [6.45, 7) is 6.55. The SMILES string of the molecule is Cc1cccc([SiH](c2cccc(C)c2)c2cccc(C)c2)c1. The lowest BCUT2D eigenvalue weighted by molar-refractivity contribution is 1.48. The molecule has 0 nitrogen and oxygen atoms in total. The molecule has 0 aromatic heterocycles. The van der Waals surface area contributed by atoms with Crippen LogP contribution in [0.5, 0.6) is 0 Å². The van der Waals surface area contributed by atoms with Crippen LogP contribution in [0.2, 0.25) is 0 Å². The van der Waals surface area contributed by atoms with E-state index in [1.165, 1.54) is 32.3 Å². The minimum Gasteiger partial charge on any atom is -0.0625 e. The Morgan fingerprint density at radius 2 is 0.818 bits per heavy atom. The van der Waals surface area contributed by atoms with Gasteiger partial charge in [0.15, 0.2) is 0 Å². The maximum atomic E-state index is 2.36. The van der Waals surface area contributed by atoms with Crippen LogP contribution < -0.4 is 15.6 Å². The third kappa shape index (κ3) is 3.20. The van der Waals surface area contributed by atoms with E-state index in [1.54, 1.807) is 0 Å². The molecular formula is C21H22Si. The topological polar surface area (TPSA) is 0 Å². The minimum absolute atomic E-state index is 1.34. The Kier molecular flexibility index (Phi) is 4.26. The van der Waals surface area contributed by atoms with E-state index in [1.807, 2.05) is 0 Å². The van der Waals surface area contributed by atoms with Crippen LogP contribution in [0.4, 0.5) is 0 Å². The van der Waals surface area contributed by atoms with Crippen LogP contribution in [0.3, 0.4) is 0 Å². The van der Waals surface area contributed by atoms with Gasteiger partial charge in [-0.3, -0.25) is 0 Å². The molecule has 0 bridgehead atoms. The van der Waals surface area contributed by atoms with E-state index in [-0.39, 0.29) is 0 Å². The van der Waals surface area contributed by atoms with E-state index >= 15 is 0 Å². The van der Waals surface area contributed by atoms with E-state index in [4.69, 9.17) is 0 Å². The predicted octanol–water partition coefficient (Wildman–Crippen LogP) is 2.86. The summed E-state index contributed by atoms with van der Waals surface area (Å²) >= 11 is 0. The van der Waals surface area contributed by atoms with Crippen LogP contribution in [-0.2, 0) is 0 Å². The van der Waals surface area contributed by atoms with Crippen LogP contribution in [-0.4, -0.2) is 8.80 Å². The van der Waals surface area contributed by atoms with E-state index in [0.717, 1.165) is 0 Å². The molecule has 0 spiro atoms. The first kappa shape index (κ1) is 14.8. The van der Waals surface area contributed by atoms with Gasteiger partial charge < -0.3 is 0 Å². The Labute approximate surface area is 135 Å². The molecule has 0 atom stereocenters. The van der Waals surface area contributed by atoms with Crippen LogP contribution in [0.25, 0.3) is 0 Å². The number of aryl methyl sites for hydroxylation is 3. The third-order valence-electron chi connectivity index (χ3n) is 4.13. The van der Waals surface area contributed by atoms with Crippen molar-refractivity contribution in [1.29, 1.82) is 0 Å². The third-order valence-corrected chi connectivity index (χ3v) is 7.20. The normalized spacial score (nSPS) is 10.9. The van der Waals surface area contributed by atoms with Gasteiger partial charge >= 0.3 is 0 Å². The summed E-state index contributed by atoms with van der Waals surface area (Å²) in [6, 6.07) is 27.1. The molecular weight excluding hydrogens is 280 g/mol. The molecule has 110 valence electrons. The molecule has 0 aliphatic carbocycles. The minimum atomic E-state index is -1.39. The Balaban J connectivity index is 2.18. The van der Waals surface area contributed by atoms with Gasteiger partial charge in [0.25, 0.3) is 0 Å². The molecule has 3 aromatic carbocycles. The maximum absolute atomic E-state index is 2.36. The van der Waals surface area contributed by atoms with Crippen LogP contribution >= 0.6 is 0 Å². The first-order valence-corrected chi connectivity index (χ1v) is 9.56. The molecule has 0 saturated carbocycles. The predicted molar refractivity (Wildman–Crippen MR) is 99.6 cm³/mol. The second-order valence-corrected chi connectivity index (χ2v) is 9.04. The van der Waals surface area contributed by atoms with Crippen molar-refractivity contribution in [3.05, 3.63) is 89.5 Å². The lowest BCUT2D eigenvalue weighted by atomic mass is 10.2. The zero-order valence-electron chi connectivity index (χ0n) is 13.5. The van der Waals surface area contributed by atoms with Gasteiger partial charge in [-0.25, -0.2) is 0 Å². The number of hydrogen-bond acceptors (Lipinski definition) is 0. The zero-order chi connectivity index (χ0) is 15.5. The molecule has 0 aliphatic heterocycles. The Morgan fingerprint density at radius 3 is 1.09 bits per heavy atom. The molecule has 22 heavy (non-hydrogen) atoms. The maximum Gasteiger partial charge on any atom is 0.133 e. The Bertz CT molecular complexity index is 681. The molecule has 0 radical (unpaired) electrons. The highest BCUT2D eigenvalue weighted by molar-refractivity contribution is 6.95. The Hall–Kier alpha value is -2.12. The zero-order valence-corrected chi connectivity index (χ0v) is 14.7. The monoisotopic (exact) mass is 302 g/mol. The number of rotatable bonds is 3. The fraction of sp³-hybridized carbons (Fsp3) is 0.143. The molecule has 0 unspecified atom stereocenters. The quantitative estimate of drug-likeness (QED) is 0.515. The van der Waals surface area contributed by atoms with Gasteiger partial charge in [0, 0.05) is 0 Å². The van der Waals surface area contributed by atoms with Crippen molar-refractivity contribution in [3.8, 4) is 0 Å². The first-order valence-electron chi connectivity index (χ1n) is 7.83. The van der Waals surface area contributed by atoms with Crippen LogP contribution in [0.1, 0.15) is 16.7 Å². The molecule has 3 rings (SSSR count). The largest absolute Gasteiger partial charge is 0.133 e. The van der Waals surface area contributed by atoms with Crippen molar-refractivity contribution in [2.45, 2.75) is 20.8 Å². The van der Waals surface area contributed by atoms with Crippen LogP contribution in [0, 0.1) is 20.8 Å². The summed E-state index contributed by atoms with van der Waals surface area (Å²) in [5, 5.41) is 4.49. The second kappa shape index (κ2) is 6.33. The average Bonchev–Trinajstić information content (AvgIpc) is 2.48. The van der Waals surface area contributed by atoms with Crippen molar-refractivity contribution in [2.75, 3.05) is 0 Å². The van der Waals surface area contributed by atoms with Gasteiger partial charge in [0.1, 0.15) is 8.80 Å². The van der Waals surface area contributed by atoms with Crippen molar-refractivity contribution in [1.82, 2.24) is 0 Å². The molecule has 0 saturated heterocycles. The van der Waals surface area contributed by atoms with Gasteiger partial charge in [-0.2, -0.15) is 0 Å². The van der Waals surface area contributed by atoms with Crippen molar-refractivity contribution in [2.24, 2.45) is 0 Å². The van der Waals surface area contributed by atoms with Gasteiger partial charge in [-0.1, -0.05) is 105 Å². The summed E-state index contributed by atoms with van der Waals surface area (Å²) in [5.74, 6) is 0. The molecule has 3 aromatic rings. The fourth-order valence-electron chi connectivity index (χ4n) is 3.13. The molecule has 0 heterocycles. The van der Waals surface area contributed by atoms with Gasteiger partial charge in [-0.15, -0.1) is 0 Å². The number of benzene rings is 3. The van der Waals surface area contributed by atoms with Gasteiger partial charge in [-0.05, 0) is 20.8 Å².